The van der Waals surface area contributed by atoms with E-state index in [-0.39, 0.29) is 0 Å². The predicted octanol–water partition coefficient (Wildman–Crippen LogP) is -0.985. The first-order chi connectivity index (χ1) is 4.41. The molecule has 0 saturated carbocycles. The Bertz CT molecular complexity index is 32.1. The van der Waals surface area contributed by atoms with E-state index in [2.05, 4.69) is 16.0 Å². The first-order valence-electron chi connectivity index (χ1n) is 3.41. The number of hydrogen-bond donors (Lipinski definition) is 3. The molecule has 9 heavy (non-hydrogen) atoms. The second-order valence-electron chi connectivity index (χ2n) is 2.00. The lowest BCUT2D eigenvalue weighted by Crippen LogP contribution is -2.39. The van der Waals surface area contributed by atoms with Crippen molar-refractivity contribution in [3.63, 3.8) is 0 Å². The highest BCUT2D eigenvalue weighted by molar-refractivity contribution is 4.59. The number of rotatable bonds is 0. The van der Waals surface area contributed by atoms with Crippen LogP contribution in [0.25, 0.3) is 0 Å². The summed E-state index contributed by atoms with van der Waals surface area (Å²) in [5.41, 5.74) is 0. The van der Waals surface area contributed by atoms with E-state index in [1.54, 1.807) is 0 Å². The van der Waals surface area contributed by atoms with Crippen molar-refractivity contribution in [3.05, 3.63) is 0 Å². The molecule has 1 rings (SSSR count). The van der Waals surface area contributed by atoms with Crippen molar-refractivity contribution in [2.24, 2.45) is 0 Å². The van der Waals surface area contributed by atoms with Crippen LogP contribution in [0, 0.1) is 0 Å². The van der Waals surface area contributed by atoms with E-state index >= 15 is 0 Å². The van der Waals surface area contributed by atoms with Crippen LogP contribution in [0.5, 0.6) is 0 Å². The quantitative estimate of drug-likeness (QED) is 0.395. The van der Waals surface area contributed by atoms with Gasteiger partial charge in [0.2, 0.25) is 0 Å². The van der Waals surface area contributed by atoms with Crippen LogP contribution in [-0.4, -0.2) is 40.3 Å². The average Bonchev–Trinajstić information content (AvgIpc) is 1.93. The summed E-state index contributed by atoms with van der Waals surface area (Å²) >= 11 is 0. The first-order valence-corrected chi connectivity index (χ1v) is 3.41. The molecule has 0 spiro atoms. The van der Waals surface area contributed by atoms with Crippen LogP contribution in [0.1, 0.15) is 0 Å². The summed E-state index contributed by atoms with van der Waals surface area (Å²) in [6.07, 6.45) is 0. The third-order valence-electron chi connectivity index (χ3n) is 0.957. The summed E-state index contributed by atoms with van der Waals surface area (Å²) in [7, 11) is 3.75. The van der Waals surface area contributed by atoms with E-state index in [0.29, 0.717) is 0 Å². The lowest BCUT2D eigenvalue weighted by atomic mass is 10.4. The Kier molecular flexibility index (Phi) is 7.77. The predicted molar refractivity (Wildman–Crippen MR) is 40.7 cm³/mol. The van der Waals surface area contributed by atoms with Crippen molar-refractivity contribution < 1.29 is 0 Å². The maximum absolute atomic E-state index is 3.22. The Balaban J connectivity index is 0.000000187. The molecule has 1 fully saturated rings. The largest absolute Gasteiger partial charge is 0.323 e. The maximum Gasteiger partial charge on any atom is 0.00772 e. The molecule has 3 nitrogen and oxygen atoms in total. The SMILES string of the molecule is C1CNCCN1.CNC. The molecule has 0 radical (unpaired) electrons. The van der Waals surface area contributed by atoms with Gasteiger partial charge < -0.3 is 16.0 Å². The highest BCUT2D eigenvalue weighted by Gasteiger charge is 1.91. The minimum Gasteiger partial charge on any atom is -0.323 e. The van der Waals surface area contributed by atoms with Crippen molar-refractivity contribution in [1.29, 1.82) is 0 Å². The molecule has 1 heterocycles. The Morgan fingerprint density at radius 1 is 0.889 bits per heavy atom. The molecule has 0 unspecified atom stereocenters. The lowest BCUT2D eigenvalue weighted by molar-refractivity contribution is 0.534. The highest BCUT2D eigenvalue weighted by Crippen LogP contribution is 1.65. The van der Waals surface area contributed by atoms with Gasteiger partial charge in [0.05, 0.1) is 0 Å². The van der Waals surface area contributed by atoms with Gasteiger partial charge in [-0.05, 0) is 14.1 Å². The third kappa shape index (κ3) is 7.88. The van der Waals surface area contributed by atoms with Crippen LogP contribution in [-0.2, 0) is 0 Å². The van der Waals surface area contributed by atoms with Crippen LogP contribution in [0.3, 0.4) is 0 Å². The fourth-order valence-electron chi connectivity index (χ4n) is 0.604. The van der Waals surface area contributed by atoms with Gasteiger partial charge >= 0.3 is 0 Å². The van der Waals surface area contributed by atoms with Crippen molar-refractivity contribution >= 4 is 0 Å². The van der Waals surface area contributed by atoms with Gasteiger partial charge in [-0.2, -0.15) is 0 Å². The molecule has 56 valence electrons. The molecular weight excluding hydrogens is 114 g/mol. The Morgan fingerprint density at radius 3 is 1.22 bits per heavy atom. The van der Waals surface area contributed by atoms with Crippen LogP contribution < -0.4 is 16.0 Å². The Labute approximate surface area is 57.2 Å². The van der Waals surface area contributed by atoms with Crippen LogP contribution in [0.4, 0.5) is 0 Å². The van der Waals surface area contributed by atoms with Gasteiger partial charge in [-0.15, -0.1) is 0 Å². The standard InChI is InChI=1S/C4H10N2.C2H7N/c1-2-6-4-3-5-1;1-3-2/h5-6H,1-4H2;3H,1-2H3. The highest BCUT2D eigenvalue weighted by atomic mass is 15.0. The summed E-state index contributed by atoms with van der Waals surface area (Å²) in [5, 5.41) is 9.19. The molecule has 0 bridgehead atoms. The molecule has 0 aromatic heterocycles. The number of piperazine rings is 1. The molecule has 0 amide bonds. The van der Waals surface area contributed by atoms with Gasteiger partial charge in [-0.3, -0.25) is 0 Å². The smallest absolute Gasteiger partial charge is 0.00772 e. The molecule has 1 aliphatic heterocycles. The van der Waals surface area contributed by atoms with Gasteiger partial charge in [-0.1, -0.05) is 0 Å². The third-order valence-corrected chi connectivity index (χ3v) is 0.957. The van der Waals surface area contributed by atoms with Gasteiger partial charge in [0.15, 0.2) is 0 Å². The fourth-order valence-corrected chi connectivity index (χ4v) is 0.604. The van der Waals surface area contributed by atoms with Gasteiger partial charge in [0.25, 0.3) is 0 Å². The molecule has 1 aliphatic rings. The molecule has 3 heteroatoms. The summed E-state index contributed by atoms with van der Waals surface area (Å²) in [4.78, 5) is 0. The molecule has 3 N–H and O–H groups in total. The number of nitrogens with one attached hydrogen (secondary N) is 3. The summed E-state index contributed by atoms with van der Waals surface area (Å²) < 4.78 is 0. The van der Waals surface area contributed by atoms with E-state index in [9.17, 15) is 0 Å². The molecule has 0 aromatic carbocycles. The van der Waals surface area contributed by atoms with E-state index < -0.39 is 0 Å². The molecule has 0 aliphatic carbocycles. The van der Waals surface area contributed by atoms with Crippen LogP contribution in [0.2, 0.25) is 0 Å². The van der Waals surface area contributed by atoms with E-state index in [1.165, 1.54) is 0 Å². The zero-order chi connectivity index (χ0) is 6.95. The molecular formula is C6H17N3. The van der Waals surface area contributed by atoms with Gasteiger partial charge in [0.1, 0.15) is 0 Å². The van der Waals surface area contributed by atoms with E-state index in [4.69, 9.17) is 0 Å². The monoisotopic (exact) mass is 131 g/mol. The zero-order valence-corrected chi connectivity index (χ0v) is 6.33. The van der Waals surface area contributed by atoms with Gasteiger partial charge in [-0.25, -0.2) is 0 Å². The molecule has 0 atom stereocenters. The summed E-state index contributed by atoms with van der Waals surface area (Å²) in [6, 6.07) is 0. The Morgan fingerprint density at radius 2 is 1.11 bits per heavy atom. The lowest BCUT2D eigenvalue weighted by Gasteiger charge is -2.11. The van der Waals surface area contributed by atoms with Crippen LogP contribution >= 0.6 is 0 Å². The fraction of sp³-hybridized carbons (Fsp3) is 1.00. The average molecular weight is 131 g/mol. The normalized spacial score (nSPS) is 18.0. The van der Waals surface area contributed by atoms with Crippen molar-refractivity contribution in [1.82, 2.24) is 16.0 Å². The topological polar surface area (TPSA) is 36.1 Å². The van der Waals surface area contributed by atoms with Crippen molar-refractivity contribution in [3.8, 4) is 0 Å². The molecule has 1 saturated heterocycles. The van der Waals surface area contributed by atoms with Gasteiger partial charge in [0, 0.05) is 26.2 Å². The zero-order valence-electron chi connectivity index (χ0n) is 6.33. The second-order valence-corrected chi connectivity index (χ2v) is 2.00. The van der Waals surface area contributed by atoms with E-state index in [1.807, 2.05) is 14.1 Å². The van der Waals surface area contributed by atoms with Crippen molar-refractivity contribution in [2.75, 3.05) is 40.3 Å². The van der Waals surface area contributed by atoms with Crippen LogP contribution in [0.15, 0.2) is 0 Å². The summed E-state index contributed by atoms with van der Waals surface area (Å²) in [5.74, 6) is 0. The molecule has 0 aromatic rings. The minimum atomic E-state index is 1.14. The van der Waals surface area contributed by atoms with E-state index in [0.717, 1.165) is 26.2 Å². The second kappa shape index (κ2) is 7.88. The summed E-state index contributed by atoms with van der Waals surface area (Å²) in [6.45, 7) is 4.56. The maximum atomic E-state index is 3.22. The first kappa shape index (κ1) is 8.88. The minimum absolute atomic E-state index is 1.14. The Hall–Kier alpha value is -0.120. The number of hydrogen-bond acceptors (Lipinski definition) is 3. The van der Waals surface area contributed by atoms with Crippen molar-refractivity contribution in [2.45, 2.75) is 0 Å².